The minimum Gasteiger partial charge on any atom is -0.375 e. The molecule has 37 heavy (non-hydrogen) atoms. The highest BCUT2D eigenvalue weighted by molar-refractivity contribution is 5.91. The van der Waals surface area contributed by atoms with Crippen LogP contribution >= 0.6 is 0 Å². The molecule has 0 aromatic heterocycles. The summed E-state index contributed by atoms with van der Waals surface area (Å²) in [5, 5.41) is 6.00. The lowest BCUT2D eigenvalue weighted by Crippen LogP contribution is -2.53. The lowest BCUT2D eigenvalue weighted by atomic mass is 9.83. The number of likely N-dealkylation sites (N-methyl/N-ethyl adjacent to an activating group) is 1. The molecule has 7 heteroatoms. The number of carbonyl (C=O) groups excluding carboxylic acids is 3. The van der Waals surface area contributed by atoms with Gasteiger partial charge in [0.05, 0.1) is 12.2 Å². The molecule has 7 nitrogen and oxygen atoms in total. The summed E-state index contributed by atoms with van der Waals surface area (Å²) in [7, 11) is 1.70. The molecule has 0 aliphatic heterocycles. The highest BCUT2D eigenvalue weighted by Gasteiger charge is 2.30. The minimum atomic E-state index is -0.609. The lowest BCUT2D eigenvalue weighted by Gasteiger charge is -2.33. The first-order chi connectivity index (χ1) is 17.6. The molecule has 0 aromatic rings. The molecule has 0 aromatic carbocycles. The van der Waals surface area contributed by atoms with E-state index in [9.17, 15) is 14.4 Å². The van der Waals surface area contributed by atoms with E-state index in [1.54, 1.807) is 18.9 Å². The van der Waals surface area contributed by atoms with Crippen molar-refractivity contribution in [3.05, 3.63) is 0 Å². The van der Waals surface area contributed by atoms with Crippen LogP contribution < -0.4 is 10.6 Å². The van der Waals surface area contributed by atoms with Gasteiger partial charge in [-0.1, -0.05) is 46.0 Å². The summed E-state index contributed by atoms with van der Waals surface area (Å²) >= 11 is 0. The maximum atomic E-state index is 13.0. The Morgan fingerprint density at radius 2 is 1.54 bits per heavy atom. The summed E-state index contributed by atoms with van der Waals surface area (Å²) in [6.45, 7) is 10.6. The SMILES string of the molecule is CC(C)C[C@@H](NC(=O)[C@@H](C)N(C)C(=O)CC1CCCCC1)C(=O)NCCCC1CCCCC1OC(C)C. The average molecular weight is 522 g/mol. The van der Waals surface area contributed by atoms with Gasteiger partial charge in [-0.15, -0.1) is 0 Å². The van der Waals surface area contributed by atoms with Gasteiger partial charge in [-0.2, -0.15) is 0 Å². The zero-order valence-electron chi connectivity index (χ0n) is 24.5. The summed E-state index contributed by atoms with van der Waals surface area (Å²) in [5.41, 5.74) is 0. The Morgan fingerprint density at radius 1 is 0.892 bits per heavy atom. The van der Waals surface area contributed by atoms with E-state index in [-0.39, 0.29) is 29.7 Å². The Morgan fingerprint density at radius 3 is 2.19 bits per heavy atom. The van der Waals surface area contributed by atoms with Crippen LogP contribution in [0.1, 0.15) is 118 Å². The molecule has 2 fully saturated rings. The average Bonchev–Trinajstić information content (AvgIpc) is 2.86. The predicted octanol–water partition coefficient (Wildman–Crippen LogP) is 5.21. The number of rotatable bonds is 14. The fourth-order valence-corrected chi connectivity index (χ4v) is 5.90. The Bertz CT molecular complexity index is 705. The van der Waals surface area contributed by atoms with Gasteiger partial charge >= 0.3 is 0 Å². The van der Waals surface area contributed by atoms with Gasteiger partial charge in [0.2, 0.25) is 17.7 Å². The normalized spacial score (nSPS) is 22.5. The molecular formula is C30H55N3O4. The van der Waals surface area contributed by atoms with Crippen molar-refractivity contribution >= 4 is 17.7 Å². The number of amides is 3. The maximum absolute atomic E-state index is 13.0. The first kappa shape index (κ1) is 31.6. The number of hydrogen-bond acceptors (Lipinski definition) is 4. The van der Waals surface area contributed by atoms with Crippen molar-refractivity contribution in [2.24, 2.45) is 17.8 Å². The Hall–Kier alpha value is -1.63. The van der Waals surface area contributed by atoms with E-state index in [4.69, 9.17) is 4.74 Å². The van der Waals surface area contributed by atoms with Crippen LogP contribution in [0.2, 0.25) is 0 Å². The Labute approximate surface area is 226 Å². The van der Waals surface area contributed by atoms with Crippen molar-refractivity contribution in [3.63, 3.8) is 0 Å². The van der Waals surface area contributed by atoms with Crippen molar-refractivity contribution in [1.29, 1.82) is 0 Å². The number of carbonyl (C=O) groups is 3. The molecule has 0 heterocycles. The molecule has 2 aliphatic carbocycles. The third-order valence-corrected chi connectivity index (χ3v) is 8.22. The zero-order valence-corrected chi connectivity index (χ0v) is 24.5. The van der Waals surface area contributed by atoms with Crippen molar-refractivity contribution in [1.82, 2.24) is 15.5 Å². The van der Waals surface area contributed by atoms with Gasteiger partial charge in [-0.25, -0.2) is 0 Å². The molecule has 2 N–H and O–H groups in total. The van der Waals surface area contributed by atoms with E-state index >= 15 is 0 Å². The highest BCUT2D eigenvalue weighted by atomic mass is 16.5. The molecule has 2 aliphatic rings. The summed E-state index contributed by atoms with van der Waals surface area (Å²) in [5.74, 6) is 0.858. The van der Waals surface area contributed by atoms with Crippen LogP contribution in [0.25, 0.3) is 0 Å². The van der Waals surface area contributed by atoms with Gasteiger partial charge in [0.25, 0.3) is 0 Å². The van der Waals surface area contributed by atoms with Crippen LogP contribution in [0.3, 0.4) is 0 Å². The van der Waals surface area contributed by atoms with Crippen molar-refractivity contribution in [2.45, 2.75) is 142 Å². The number of nitrogens with one attached hydrogen (secondary N) is 2. The van der Waals surface area contributed by atoms with Crippen molar-refractivity contribution in [2.75, 3.05) is 13.6 Å². The van der Waals surface area contributed by atoms with Crippen LogP contribution in [-0.4, -0.2) is 60.5 Å². The van der Waals surface area contributed by atoms with E-state index in [1.807, 2.05) is 13.8 Å². The van der Waals surface area contributed by atoms with Crippen LogP contribution in [0, 0.1) is 17.8 Å². The molecule has 2 saturated carbocycles. The summed E-state index contributed by atoms with van der Waals surface area (Å²) in [6.07, 6.45) is 14.3. The van der Waals surface area contributed by atoms with Crippen molar-refractivity contribution in [3.8, 4) is 0 Å². The summed E-state index contributed by atoms with van der Waals surface area (Å²) in [4.78, 5) is 40.4. The zero-order chi connectivity index (χ0) is 27.4. The second-order valence-electron chi connectivity index (χ2n) is 12.3. The third-order valence-electron chi connectivity index (χ3n) is 8.22. The third kappa shape index (κ3) is 11.3. The fourth-order valence-electron chi connectivity index (χ4n) is 5.90. The Balaban J connectivity index is 1.82. The smallest absolute Gasteiger partial charge is 0.243 e. The van der Waals surface area contributed by atoms with E-state index in [1.165, 1.54) is 38.5 Å². The number of nitrogens with zero attached hydrogens (tertiary/aromatic N) is 1. The number of ether oxygens (including phenoxy) is 1. The summed E-state index contributed by atoms with van der Waals surface area (Å²) in [6, 6.07) is -1.20. The van der Waals surface area contributed by atoms with Gasteiger partial charge in [0.1, 0.15) is 12.1 Å². The van der Waals surface area contributed by atoms with Crippen LogP contribution in [-0.2, 0) is 19.1 Å². The molecule has 214 valence electrons. The topological polar surface area (TPSA) is 87.7 Å². The molecule has 0 radical (unpaired) electrons. The van der Waals surface area contributed by atoms with Gasteiger partial charge in [0, 0.05) is 20.0 Å². The molecule has 0 saturated heterocycles. The first-order valence-electron chi connectivity index (χ1n) is 15.1. The van der Waals surface area contributed by atoms with Crippen LogP contribution in [0.5, 0.6) is 0 Å². The fraction of sp³-hybridized carbons (Fsp3) is 0.900. The summed E-state index contributed by atoms with van der Waals surface area (Å²) < 4.78 is 6.15. The molecule has 2 rings (SSSR count). The van der Waals surface area contributed by atoms with E-state index in [0.29, 0.717) is 37.3 Å². The number of hydrogen-bond donors (Lipinski definition) is 2. The molecule has 4 atom stereocenters. The second-order valence-corrected chi connectivity index (χ2v) is 12.3. The quantitative estimate of drug-likeness (QED) is 0.307. The molecular weight excluding hydrogens is 466 g/mol. The second kappa shape index (κ2) is 16.4. The van der Waals surface area contributed by atoms with Crippen molar-refractivity contribution < 1.29 is 19.1 Å². The van der Waals surface area contributed by atoms with E-state index in [2.05, 4.69) is 24.5 Å². The lowest BCUT2D eigenvalue weighted by molar-refractivity contribution is -0.140. The van der Waals surface area contributed by atoms with Gasteiger partial charge in [0.15, 0.2) is 0 Å². The highest BCUT2D eigenvalue weighted by Crippen LogP contribution is 2.31. The monoisotopic (exact) mass is 521 g/mol. The van der Waals surface area contributed by atoms with E-state index in [0.717, 1.165) is 32.1 Å². The minimum absolute atomic E-state index is 0.0156. The molecule has 0 bridgehead atoms. The van der Waals surface area contributed by atoms with Crippen LogP contribution in [0.4, 0.5) is 0 Å². The van der Waals surface area contributed by atoms with Gasteiger partial charge in [-0.05, 0) is 83.5 Å². The van der Waals surface area contributed by atoms with E-state index < -0.39 is 12.1 Å². The largest absolute Gasteiger partial charge is 0.375 e. The Kier molecular flexibility index (Phi) is 14.0. The molecule has 2 unspecified atom stereocenters. The molecule has 3 amide bonds. The standard InChI is InChI=1S/C30H55N3O4/c1-21(2)19-26(30(36)31-18-12-16-25-15-10-11-17-27(25)37-22(3)4)32-29(35)23(5)33(6)28(34)20-24-13-8-7-9-14-24/h21-27H,7-20H2,1-6H3,(H,31,36)(H,32,35)/t23-,25?,26-,27?/m1/s1. The van der Waals surface area contributed by atoms with Crippen LogP contribution in [0.15, 0.2) is 0 Å². The predicted molar refractivity (Wildman–Crippen MR) is 149 cm³/mol. The molecule has 0 spiro atoms. The maximum Gasteiger partial charge on any atom is 0.243 e. The van der Waals surface area contributed by atoms with Gasteiger partial charge in [-0.3, -0.25) is 14.4 Å². The van der Waals surface area contributed by atoms with Gasteiger partial charge < -0.3 is 20.3 Å². The first-order valence-corrected chi connectivity index (χ1v) is 15.1.